The number of nitrogens with two attached hydrogens (primary N) is 1. The van der Waals surface area contributed by atoms with E-state index in [2.05, 4.69) is 10.3 Å². The molecule has 0 aromatic carbocycles. The first kappa shape index (κ1) is 15.2. The molecule has 1 amide bonds. The second-order valence-corrected chi connectivity index (χ2v) is 5.86. The predicted molar refractivity (Wildman–Crippen MR) is 75.8 cm³/mol. The van der Waals surface area contributed by atoms with E-state index in [1.165, 1.54) is 6.20 Å². The number of hydrogen-bond acceptors (Lipinski definition) is 6. The number of fused-ring (bicyclic) bond motifs is 1. The number of esters is 1. The highest BCUT2D eigenvalue weighted by atomic mass is 16.6. The van der Waals surface area contributed by atoms with Crippen LogP contribution >= 0.6 is 0 Å². The first-order valence-electron chi connectivity index (χ1n) is 6.64. The summed E-state index contributed by atoms with van der Waals surface area (Å²) in [5, 5.41) is 2.65. The number of carbonyl (C=O) groups excluding carboxylic acids is 2. The molecule has 114 valence electrons. The van der Waals surface area contributed by atoms with E-state index in [0.29, 0.717) is 17.1 Å². The van der Waals surface area contributed by atoms with Crippen LogP contribution in [-0.4, -0.2) is 29.1 Å². The molecule has 0 saturated carbocycles. The largest absolute Gasteiger partial charge is 0.466 e. The third-order valence-electron chi connectivity index (χ3n) is 2.72. The maximum absolute atomic E-state index is 11.8. The summed E-state index contributed by atoms with van der Waals surface area (Å²) in [4.78, 5) is 27.1. The molecule has 1 aromatic heterocycles. The highest BCUT2D eigenvalue weighted by Crippen LogP contribution is 2.28. The van der Waals surface area contributed by atoms with Crippen LogP contribution in [0, 0.1) is 0 Å². The van der Waals surface area contributed by atoms with Crippen LogP contribution in [-0.2, 0) is 14.3 Å². The van der Waals surface area contributed by atoms with Gasteiger partial charge in [0.2, 0.25) is 5.88 Å². The van der Waals surface area contributed by atoms with Crippen molar-refractivity contribution in [2.24, 2.45) is 5.73 Å². The fourth-order valence-electron chi connectivity index (χ4n) is 1.88. The van der Waals surface area contributed by atoms with Crippen molar-refractivity contribution >= 4 is 17.6 Å². The highest BCUT2D eigenvalue weighted by Gasteiger charge is 2.22. The van der Waals surface area contributed by atoms with Gasteiger partial charge in [0.15, 0.2) is 6.61 Å². The SMILES string of the molecule is CC(C)(C)OC(=O)C[C@H](N)c1cnc2c(c1)NC(=O)CO2. The molecule has 0 radical (unpaired) electrons. The van der Waals surface area contributed by atoms with Gasteiger partial charge < -0.3 is 20.5 Å². The Hall–Kier alpha value is -2.15. The molecule has 0 bridgehead atoms. The average molecular weight is 293 g/mol. The summed E-state index contributed by atoms with van der Waals surface area (Å²) in [6.45, 7) is 5.33. The molecule has 0 spiro atoms. The van der Waals surface area contributed by atoms with Crippen molar-refractivity contribution in [1.82, 2.24) is 4.98 Å². The number of rotatable bonds is 3. The van der Waals surface area contributed by atoms with Gasteiger partial charge in [0.05, 0.1) is 6.42 Å². The van der Waals surface area contributed by atoms with E-state index in [9.17, 15) is 9.59 Å². The maximum atomic E-state index is 11.8. The van der Waals surface area contributed by atoms with E-state index in [1.807, 2.05) is 0 Å². The van der Waals surface area contributed by atoms with Gasteiger partial charge in [-0.1, -0.05) is 0 Å². The molecule has 2 rings (SSSR count). The van der Waals surface area contributed by atoms with Crippen molar-refractivity contribution in [3.05, 3.63) is 17.8 Å². The molecule has 1 atom stereocenters. The zero-order valence-electron chi connectivity index (χ0n) is 12.3. The number of pyridine rings is 1. The van der Waals surface area contributed by atoms with E-state index in [0.717, 1.165) is 0 Å². The summed E-state index contributed by atoms with van der Waals surface area (Å²) in [6, 6.07) is 1.10. The van der Waals surface area contributed by atoms with Crippen LogP contribution in [0.25, 0.3) is 0 Å². The first-order valence-corrected chi connectivity index (χ1v) is 6.64. The Kier molecular flexibility index (Phi) is 4.13. The van der Waals surface area contributed by atoms with Crippen molar-refractivity contribution in [3.8, 4) is 5.88 Å². The van der Waals surface area contributed by atoms with Gasteiger partial charge in [0.25, 0.3) is 5.91 Å². The topological polar surface area (TPSA) is 104 Å². The van der Waals surface area contributed by atoms with Gasteiger partial charge in [-0.3, -0.25) is 9.59 Å². The smallest absolute Gasteiger partial charge is 0.308 e. The minimum atomic E-state index is -0.559. The zero-order valence-corrected chi connectivity index (χ0v) is 12.3. The summed E-state index contributed by atoms with van der Waals surface area (Å²) in [5.74, 6) is -0.280. The van der Waals surface area contributed by atoms with Gasteiger partial charge in [-0.25, -0.2) is 4.98 Å². The molecular weight excluding hydrogens is 274 g/mol. The maximum Gasteiger partial charge on any atom is 0.308 e. The molecule has 0 unspecified atom stereocenters. The van der Waals surface area contributed by atoms with Crippen LogP contribution in [0.4, 0.5) is 5.69 Å². The van der Waals surface area contributed by atoms with Crippen LogP contribution in [0.15, 0.2) is 12.3 Å². The summed E-state index contributed by atoms with van der Waals surface area (Å²) in [7, 11) is 0. The quantitative estimate of drug-likeness (QED) is 0.810. The van der Waals surface area contributed by atoms with Crippen LogP contribution in [0.5, 0.6) is 5.88 Å². The second kappa shape index (κ2) is 5.69. The number of nitrogens with one attached hydrogen (secondary N) is 1. The number of aromatic nitrogens is 1. The number of nitrogens with zero attached hydrogens (tertiary/aromatic N) is 1. The van der Waals surface area contributed by atoms with Crippen molar-refractivity contribution in [2.45, 2.75) is 38.8 Å². The minimum absolute atomic E-state index is 0.0343. The Balaban J connectivity index is 2.06. The lowest BCUT2D eigenvalue weighted by Crippen LogP contribution is -2.28. The summed E-state index contributed by atoms with van der Waals surface area (Å²) in [5.41, 5.74) is 6.53. The fourth-order valence-corrected chi connectivity index (χ4v) is 1.88. The van der Waals surface area contributed by atoms with E-state index >= 15 is 0 Å². The van der Waals surface area contributed by atoms with Gasteiger partial charge in [-0.15, -0.1) is 0 Å². The molecule has 0 aliphatic carbocycles. The normalized spacial score (nSPS) is 15.5. The summed E-state index contributed by atoms with van der Waals surface area (Å²) in [6.07, 6.45) is 1.57. The van der Waals surface area contributed by atoms with Crippen LogP contribution < -0.4 is 15.8 Å². The van der Waals surface area contributed by atoms with Gasteiger partial charge in [-0.2, -0.15) is 0 Å². The second-order valence-electron chi connectivity index (χ2n) is 5.86. The number of anilines is 1. The van der Waals surface area contributed by atoms with E-state index < -0.39 is 11.6 Å². The monoisotopic (exact) mass is 293 g/mol. The van der Waals surface area contributed by atoms with E-state index in [4.69, 9.17) is 15.2 Å². The van der Waals surface area contributed by atoms with E-state index in [-0.39, 0.29) is 24.9 Å². The number of hydrogen-bond donors (Lipinski definition) is 2. The van der Waals surface area contributed by atoms with Gasteiger partial charge in [0, 0.05) is 12.2 Å². The van der Waals surface area contributed by atoms with Crippen LogP contribution in [0.1, 0.15) is 38.8 Å². The summed E-state index contributed by atoms with van der Waals surface area (Å²) < 4.78 is 10.4. The third kappa shape index (κ3) is 4.16. The Bertz CT molecular complexity index is 566. The van der Waals surface area contributed by atoms with Crippen LogP contribution in [0.2, 0.25) is 0 Å². The molecule has 0 fully saturated rings. The van der Waals surface area contributed by atoms with Crippen molar-refractivity contribution in [2.75, 3.05) is 11.9 Å². The van der Waals surface area contributed by atoms with Crippen LogP contribution in [0.3, 0.4) is 0 Å². The lowest BCUT2D eigenvalue weighted by atomic mass is 10.1. The third-order valence-corrected chi connectivity index (χ3v) is 2.72. The van der Waals surface area contributed by atoms with Crippen molar-refractivity contribution in [1.29, 1.82) is 0 Å². The number of amides is 1. The molecule has 21 heavy (non-hydrogen) atoms. The number of carbonyl (C=O) groups is 2. The minimum Gasteiger partial charge on any atom is -0.466 e. The molecule has 1 aliphatic rings. The standard InChI is InChI=1S/C14H19N3O4/c1-14(2,3)21-12(19)5-9(15)8-4-10-13(16-6-8)20-7-11(18)17-10/h4,6,9H,5,7,15H2,1-3H3,(H,17,18)/t9-/m0/s1. The van der Waals surface area contributed by atoms with E-state index in [1.54, 1.807) is 26.8 Å². The average Bonchev–Trinajstić information content (AvgIpc) is 2.35. The molecule has 0 saturated heterocycles. The Morgan fingerprint density at radius 2 is 2.29 bits per heavy atom. The highest BCUT2D eigenvalue weighted by molar-refractivity contribution is 5.94. The molecule has 3 N–H and O–H groups in total. The molecule has 7 heteroatoms. The van der Waals surface area contributed by atoms with Gasteiger partial charge >= 0.3 is 5.97 Å². The predicted octanol–water partition coefficient (Wildman–Crippen LogP) is 1.14. The van der Waals surface area contributed by atoms with Crippen molar-refractivity contribution in [3.63, 3.8) is 0 Å². The first-order chi connectivity index (χ1) is 9.74. The fraction of sp³-hybridized carbons (Fsp3) is 0.500. The Labute approximate surface area is 122 Å². The molecule has 1 aliphatic heterocycles. The molecule has 1 aromatic rings. The zero-order chi connectivity index (χ0) is 15.6. The Morgan fingerprint density at radius 3 is 2.95 bits per heavy atom. The molecule has 2 heterocycles. The lowest BCUT2D eigenvalue weighted by molar-refractivity contribution is -0.155. The Morgan fingerprint density at radius 1 is 1.57 bits per heavy atom. The van der Waals surface area contributed by atoms with Gasteiger partial charge in [0.1, 0.15) is 11.3 Å². The van der Waals surface area contributed by atoms with Gasteiger partial charge in [-0.05, 0) is 32.4 Å². The number of ether oxygens (including phenoxy) is 2. The summed E-state index contributed by atoms with van der Waals surface area (Å²) >= 11 is 0. The molecule has 7 nitrogen and oxygen atoms in total. The lowest BCUT2D eigenvalue weighted by Gasteiger charge is -2.22. The van der Waals surface area contributed by atoms with Crippen molar-refractivity contribution < 1.29 is 19.1 Å². The molecular formula is C14H19N3O4.